The second-order valence-electron chi connectivity index (χ2n) is 4.79. The Labute approximate surface area is 123 Å². The average molecular weight is 294 g/mol. The number of nitrogens with one attached hydrogen (secondary N) is 1. The summed E-state index contributed by atoms with van der Waals surface area (Å²) in [6.07, 6.45) is 0.162. The summed E-state index contributed by atoms with van der Waals surface area (Å²) in [5, 5.41) is 3.40. The van der Waals surface area contributed by atoms with Gasteiger partial charge in [0.1, 0.15) is 11.6 Å². The van der Waals surface area contributed by atoms with Gasteiger partial charge < -0.3 is 10.1 Å². The summed E-state index contributed by atoms with van der Waals surface area (Å²) < 4.78 is 18.6. The van der Waals surface area contributed by atoms with Crippen LogP contribution < -0.4 is 10.1 Å². The molecule has 0 aromatic heterocycles. The molecule has 0 radical (unpaired) electrons. The fourth-order valence-electron chi connectivity index (χ4n) is 1.78. The zero-order valence-electron chi connectivity index (χ0n) is 11.5. The molecule has 0 saturated heterocycles. The summed E-state index contributed by atoms with van der Waals surface area (Å²) >= 11 is 5.75. The van der Waals surface area contributed by atoms with E-state index in [1.807, 2.05) is 38.1 Å². The minimum Gasteiger partial charge on any atom is -0.491 e. The van der Waals surface area contributed by atoms with Crippen molar-refractivity contribution < 1.29 is 9.13 Å². The molecule has 0 unspecified atom stereocenters. The molecule has 2 rings (SSSR count). The molecule has 0 bridgehead atoms. The molecule has 2 nitrogen and oxygen atoms in total. The van der Waals surface area contributed by atoms with Crippen molar-refractivity contribution in [2.45, 2.75) is 26.5 Å². The number of halogens is 2. The van der Waals surface area contributed by atoms with Crippen molar-refractivity contribution in [2.75, 3.05) is 5.32 Å². The summed E-state index contributed by atoms with van der Waals surface area (Å²) in [4.78, 5) is 0. The molecule has 2 aromatic carbocycles. The highest BCUT2D eigenvalue weighted by Crippen LogP contribution is 2.19. The van der Waals surface area contributed by atoms with E-state index in [0.29, 0.717) is 6.54 Å². The minimum atomic E-state index is -0.398. The van der Waals surface area contributed by atoms with Crippen LogP contribution in [0, 0.1) is 5.82 Å². The number of anilines is 1. The second kappa shape index (κ2) is 6.62. The monoisotopic (exact) mass is 293 g/mol. The number of hydrogen-bond acceptors (Lipinski definition) is 2. The van der Waals surface area contributed by atoms with Crippen LogP contribution in [0.3, 0.4) is 0 Å². The van der Waals surface area contributed by atoms with Gasteiger partial charge in [-0.2, -0.15) is 0 Å². The van der Waals surface area contributed by atoms with Crippen molar-refractivity contribution in [1.29, 1.82) is 0 Å². The SMILES string of the molecule is CC(C)Oc1ccc(NCc2ccc(F)c(Cl)c2)cc1. The third-order valence-electron chi connectivity index (χ3n) is 2.71. The van der Waals surface area contributed by atoms with Gasteiger partial charge in [-0.05, 0) is 55.8 Å². The first-order valence-electron chi connectivity index (χ1n) is 6.49. The normalized spacial score (nSPS) is 10.7. The van der Waals surface area contributed by atoms with E-state index < -0.39 is 5.82 Å². The Morgan fingerprint density at radius 2 is 1.85 bits per heavy atom. The van der Waals surface area contributed by atoms with E-state index in [2.05, 4.69) is 5.32 Å². The van der Waals surface area contributed by atoms with E-state index >= 15 is 0 Å². The van der Waals surface area contributed by atoms with Crippen LogP contribution in [-0.2, 0) is 6.54 Å². The van der Waals surface area contributed by atoms with Crippen molar-refractivity contribution >= 4 is 17.3 Å². The van der Waals surface area contributed by atoms with E-state index in [1.54, 1.807) is 12.1 Å². The lowest BCUT2D eigenvalue weighted by Gasteiger charge is -2.11. The maximum Gasteiger partial charge on any atom is 0.141 e. The van der Waals surface area contributed by atoms with Gasteiger partial charge in [0.25, 0.3) is 0 Å². The van der Waals surface area contributed by atoms with Crippen molar-refractivity contribution in [2.24, 2.45) is 0 Å². The molecule has 0 amide bonds. The van der Waals surface area contributed by atoms with Crippen molar-refractivity contribution in [3.8, 4) is 5.75 Å². The Morgan fingerprint density at radius 1 is 1.15 bits per heavy atom. The number of benzene rings is 2. The van der Waals surface area contributed by atoms with Crippen LogP contribution in [0.5, 0.6) is 5.75 Å². The van der Waals surface area contributed by atoms with Gasteiger partial charge in [0.15, 0.2) is 0 Å². The quantitative estimate of drug-likeness (QED) is 0.848. The van der Waals surface area contributed by atoms with Crippen molar-refractivity contribution in [1.82, 2.24) is 0 Å². The number of rotatable bonds is 5. The Morgan fingerprint density at radius 3 is 2.45 bits per heavy atom. The van der Waals surface area contributed by atoms with Crippen LogP contribution >= 0.6 is 11.6 Å². The predicted octanol–water partition coefficient (Wildman–Crippen LogP) is 4.88. The fourth-order valence-corrected chi connectivity index (χ4v) is 1.98. The largest absolute Gasteiger partial charge is 0.491 e. The smallest absolute Gasteiger partial charge is 0.141 e. The first kappa shape index (κ1) is 14.7. The summed E-state index contributed by atoms with van der Waals surface area (Å²) in [5.41, 5.74) is 1.90. The van der Waals surface area contributed by atoms with Crippen LogP contribution in [0.15, 0.2) is 42.5 Å². The maximum atomic E-state index is 13.0. The first-order chi connectivity index (χ1) is 9.54. The van der Waals surface area contributed by atoms with Crippen LogP contribution in [-0.4, -0.2) is 6.10 Å². The van der Waals surface area contributed by atoms with Gasteiger partial charge in [-0.15, -0.1) is 0 Å². The predicted molar refractivity (Wildman–Crippen MR) is 80.9 cm³/mol. The van der Waals surface area contributed by atoms with Gasteiger partial charge in [-0.3, -0.25) is 0 Å². The molecule has 0 aliphatic carbocycles. The fraction of sp³-hybridized carbons (Fsp3) is 0.250. The Kier molecular flexibility index (Phi) is 4.85. The molecule has 0 aliphatic rings. The molecule has 0 fully saturated rings. The van der Waals surface area contributed by atoms with E-state index in [-0.39, 0.29) is 11.1 Å². The molecule has 0 saturated carbocycles. The van der Waals surface area contributed by atoms with E-state index in [0.717, 1.165) is 17.0 Å². The molecular formula is C16H17ClFNO. The van der Waals surface area contributed by atoms with Crippen LogP contribution in [0.2, 0.25) is 5.02 Å². The number of hydrogen-bond donors (Lipinski definition) is 1. The molecule has 106 valence electrons. The highest BCUT2D eigenvalue weighted by Gasteiger charge is 2.01. The lowest BCUT2D eigenvalue weighted by Crippen LogP contribution is -2.05. The van der Waals surface area contributed by atoms with Crippen molar-refractivity contribution in [3.05, 3.63) is 58.9 Å². The van der Waals surface area contributed by atoms with Gasteiger partial charge >= 0.3 is 0 Å². The topological polar surface area (TPSA) is 21.3 Å². The molecule has 4 heteroatoms. The molecule has 1 N–H and O–H groups in total. The molecular weight excluding hydrogens is 277 g/mol. The van der Waals surface area contributed by atoms with E-state index in [1.165, 1.54) is 6.07 Å². The Bertz CT molecular complexity index is 569. The molecule has 0 spiro atoms. The third kappa shape index (κ3) is 4.14. The lowest BCUT2D eigenvalue weighted by atomic mass is 10.2. The highest BCUT2D eigenvalue weighted by atomic mass is 35.5. The zero-order chi connectivity index (χ0) is 14.5. The lowest BCUT2D eigenvalue weighted by molar-refractivity contribution is 0.242. The van der Waals surface area contributed by atoms with Gasteiger partial charge in [-0.25, -0.2) is 4.39 Å². The number of ether oxygens (including phenoxy) is 1. The van der Waals surface area contributed by atoms with Gasteiger partial charge in [-0.1, -0.05) is 17.7 Å². The molecule has 0 aliphatic heterocycles. The van der Waals surface area contributed by atoms with Gasteiger partial charge in [0.05, 0.1) is 11.1 Å². The average Bonchev–Trinajstić information content (AvgIpc) is 2.41. The van der Waals surface area contributed by atoms with Crippen LogP contribution in [0.25, 0.3) is 0 Å². The van der Waals surface area contributed by atoms with Gasteiger partial charge in [0, 0.05) is 12.2 Å². The molecule has 0 atom stereocenters. The zero-order valence-corrected chi connectivity index (χ0v) is 12.2. The Balaban J connectivity index is 1.95. The molecule has 2 aromatic rings. The summed E-state index contributed by atoms with van der Waals surface area (Å²) in [5.74, 6) is 0.445. The van der Waals surface area contributed by atoms with Crippen LogP contribution in [0.4, 0.5) is 10.1 Å². The van der Waals surface area contributed by atoms with Crippen LogP contribution in [0.1, 0.15) is 19.4 Å². The van der Waals surface area contributed by atoms with E-state index in [4.69, 9.17) is 16.3 Å². The summed E-state index contributed by atoms with van der Waals surface area (Å²) in [7, 11) is 0. The Hall–Kier alpha value is -1.74. The highest BCUT2D eigenvalue weighted by molar-refractivity contribution is 6.30. The standard InChI is InChI=1S/C16H17ClFNO/c1-11(2)20-14-6-4-13(5-7-14)19-10-12-3-8-16(18)15(17)9-12/h3-9,11,19H,10H2,1-2H3. The maximum absolute atomic E-state index is 13.0. The third-order valence-corrected chi connectivity index (χ3v) is 3.00. The minimum absolute atomic E-state index is 0.144. The van der Waals surface area contributed by atoms with Crippen molar-refractivity contribution in [3.63, 3.8) is 0 Å². The van der Waals surface area contributed by atoms with Gasteiger partial charge in [0.2, 0.25) is 0 Å². The molecule has 0 heterocycles. The second-order valence-corrected chi connectivity index (χ2v) is 5.20. The summed E-state index contributed by atoms with van der Waals surface area (Å²) in [6.45, 7) is 4.57. The first-order valence-corrected chi connectivity index (χ1v) is 6.87. The van der Waals surface area contributed by atoms with E-state index in [9.17, 15) is 4.39 Å². The summed E-state index contributed by atoms with van der Waals surface area (Å²) in [6, 6.07) is 12.4. The molecule has 20 heavy (non-hydrogen) atoms.